The van der Waals surface area contributed by atoms with E-state index in [0.29, 0.717) is 26.2 Å². The lowest BCUT2D eigenvalue weighted by atomic mass is 10.2. The molecule has 0 atom stereocenters. The second-order valence-corrected chi connectivity index (χ2v) is 3.91. The maximum absolute atomic E-state index is 10.7. The fourth-order valence-electron chi connectivity index (χ4n) is 2.02. The zero-order valence-electron chi connectivity index (χ0n) is 9.76. The van der Waals surface area contributed by atoms with E-state index in [1.54, 1.807) is 7.11 Å². The number of carbonyl (C=O) groups is 1. The summed E-state index contributed by atoms with van der Waals surface area (Å²) >= 11 is 0. The molecule has 1 fully saturated rings. The van der Waals surface area contributed by atoms with Crippen LogP contribution in [0.1, 0.15) is 0 Å². The van der Waals surface area contributed by atoms with Gasteiger partial charge in [0, 0.05) is 26.2 Å². The van der Waals surface area contributed by atoms with E-state index in [0.717, 1.165) is 11.4 Å². The molecular weight excluding hydrogens is 220 g/mol. The van der Waals surface area contributed by atoms with Crippen molar-refractivity contribution < 1.29 is 14.6 Å². The Morgan fingerprint density at radius 1 is 1.24 bits per heavy atom. The molecule has 1 amide bonds. The van der Waals surface area contributed by atoms with Gasteiger partial charge in [-0.1, -0.05) is 12.1 Å². The second kappa shape index (κ2) is 4.95. The molecule has 0 bridgehead atoms. The summed E-state index contributed by atoms with van der Waals surface area (Å²) in [7, 11) is 1.64. The van der Waals surface area contributed by atoms with Crippen molar-refractivity contribution in [2.75, 3.05) is 38.2 Å². The molecule has 0 aliphatic carbocycles. The van der Waals surface area contributed by atoms with Gasteiger partial charge in [-0.3, -0.25) is 0 Å². The SMILES string of the molecule is COc1ccccc1N1CCN(C(=O)[O-])CC1. The molecule has 0 N–H and O–H groups in total. The topological polar surface area (TPSA) is 55.8 Å². The largest absolute Gasteiger partial charge is 0.530 e. The van der Waals surface area contributed by atoms with E-state index in [-0.39, 0.29) is 0 Å². The first kappa shape index (κ1) is 11.6. The number of nitrogens with zero attached hydrogens (tertiary/aromatic N) is 2. The van der Waals surface area contributed by atoms with E-state index >= 15 is 0 Å². The predicted molar refractivity (Wildman–Crippen MR) is 62.2 cm³/mol. The zero-order valence-corrected chi connectivity index (χ0v) is 9.76. The molecule has 1 saturated heterocycles. The van der Waals surface area contributed by atoms with Crippen LogP contribution in [0.5, 0.6) is 5.75 Å². The number of hydrogen-bond donors (Lipinski definition) is 0. The van der Waals surface area contributed by atoms with Crippen molar-refractivity contribution in [1.82, 2.24) is 4.90 Å². The number of carbonyl (C=O) groups excluding carboxylic acids is 1. The number of rotatable bonds is 2. The van der Waals surface area contributed by atoms with E-state index in [1.165, 1.54) is 4.90 Å². The normalized spacial score (nSPS) is 15.8. The molecule has 1 aromatic rings. The number of ether oxygens (including phenoxy) is 1. The first-order chi connectivity index (χ1) is 8.22. The Kier molecular flexibility index (Phi) is 3.37. The van der Waals surface area contributed by atoms with Gasteiger partial charge in [0.05, 0.1) is 12.8 Å². The molecule has 1 heterocycles. The minimum atomic E-state index is -1.09. The molecule has 1 aliphatic rings. The Hall–Kier alpha value is -1.91. The van der Waals surface area contributed by atoms with Gasteiger partial charge in [-0.15, -0.1) is 0 Å². The highest BCUT2D eigenvalue weighted by Crippen LogP contribution is 2.28. The van der Waals surface area contributed by atoms with E-state index < -0.39 is 6.09 Å². The standard InChI is InChI=1S/C12H16N2O3/c1-17-11-5-3-2-4-10(11)13-6-8-14(9-7-13)12(15)16/h2-5H,6-9H2,1H3,(H,15,16)/p-1. The fraction of sp³-hybridized carbons (Fsp3) is 0.417. The van der Waals surface area contributed by atoms with Gasteiger partial charge >= 0.3 is 0 Å². The van der Waals surface area contributed by atoms with Gasteiger partial charge in [-0.25, -0.2) is 0 Å². The van der Waals surface area contributed by atoms with E-state index in [2.05, 4.69) is 4.90 Å². The van der Waals surface area contributed by atoms with Gasteiger partial charge in [-0.05, 0) is 12.1 Å². The third-order valence-corrected chi connectivity index (χ3v) is 2.96. The molecule has 17 heavy (non-hydrogen) atoms. The first-order valence-corrected chi connectivity index (χ1v) is 5.56. The average molecular weight is 235 g/mol. The lowest BCUT2D eigenvalue weighted by molar-refractivity contribution is -0.265. The van der Waals surface area contributed by atoms with Gasteiger partial charge in [0.15, 0.2) is 0 Å². The molecule has 5 heteroatoms. The summed E-state index contributed by atoms with van der Waals surface area (Å²) in [5.41, 5.74) is 1.01. The summed E-state index contributed by atoms with van der Waals surface area (Å²) < 4.78 is 5.29. The monoisotopic (exact) mass is 235 g/mol. The zero-order chi connectivity index (χ0) is 12.3. The summed E-state index contributed by atoms with van der Waals surface area (Å²) in [5.74, 6) is 0.814. The highest BCUT2D eigenvalue weighted by atomic mass is 16.5. The first-order valence-electron chi connectivity index (χ1n) is 5.56. The number of hydrogen-bond acceptors (Lipinski definition) is 4. The summed E-state index contributed by atoms with van der Waals surface area (Å²) in [6.07, 6.45) is -1.09. The van der Waals surface area contributed by atoms with E-state index in [1.807, 2.05) is 24.3 Å². The number of carboxylic acid groups (broad SMARTS) is 1. The summed E-state index contributed by atoms with van der Waals surface area (Å²) in [6, 6.07) is 7.75. The fourth-order valence-corrected chi connectivity index (χ4v) is 2.02. The van der Waals surface area contributed by atoms with Gasteiger partial charge < -0.3 is 24.4 Å². The number of para-hydroxylation sites is 2. The molecule has 0 aromatic heterocycles. The van der Waals surface area contributed by atoms with Crippen molar-refractivity contribution in [1.29, 1.82) is 0 Å². The Balaban J connectivity index is 2.07. The van der Waals surface area contributed by atoms with Crippen LogP contribution in [0.25, 0.3) is 0 Å². The molecule has 0 unspecified atom stereocenters. The molecule has 0 radical (unpaired) electrons. The van der Waals surface area contributed by atoms with Crippen LogP contribution in [0.15, 0.2) is 24.3 Å². The maximum Gasteiger partial charge on any atom is 0.142 e. The minimum Gasteiger partial charge on any atom is -0.530 e. The van der Waals surface area contributed by atoms with Crippen LogP contribution < -0.4 is 14.7 Å². The van der Waals surface area contributed by atoms with Crippen LogP contribution in [0.2, 0.25) is 0 Å². The molecule has 1 aliphatic heterocycles. The maximum atomic E-state index is 10.7. The number of amides is 1. The Morgan fingerprint density at radius 2 is 1.88 bits per heavy atom. The molecule has 92 valence electrons. The average Bonchev–Trinajstić information content (AvgIpc) is 2.39. The van der Waals surface area contributed by atoms with Crippen LogP contribution in [0.4, 0.5) is 10.5 Å². The van der Waals surface area contributed by atoms with Crippen molar-refractivity contribution >= 4 is 11.8 Å². The Labute approximate surface area is 100 Å². The van der Waals surface area contributed by atoms with Gasteiger partial charge in [0.1, 0.15) is 11.8 Å². The third-order valence-electron chi connectivity index (χ3n) is 2.96. The molecule has 0 spiro atoms. The Morgan fingerprint density at radius 3 is 2.47 bits per heavy atom. The van der Waals surface area contributed by atoms with E-state index in [4.69, 9.17) is 4.74 Å². The molecule has 2 rings (SSSR count). The van der Waals surface area contributed by atoms with Crippen LogP contribution in [0.3, 0.4) is 0 Å². The summed E-state index contributed by atoms with van der Waals surface area (Å²) in [5, 5.41) is 10.7. The van der Waals surface area contributed by atoms with Crippen molar-refractivity contribution in [3.05, 3.63) is 24.3 Å². The lowest BCUT2D eigenvalue weighted by Crippen LogP contribution is -2.52. The van der Waals surface area contributed by atoms with Crippen molar-refractivity contribution in [3.63, 3.8) is 0 Å². The van der Waals surface area contributed by atoms with E-state index in [9.17, 15) is 9.90 Å². The summed E-state index contributed by atoms with van der Waals surface area (Å²) in [4.78, 5) is 14.1. The molecule has 0 saturated carbocycles. The van der Waals surface area contributed by atoms with Gasteiger partial charge in [-0.2, -0.15) is 0 Å². The Bertz CT molecular complexity index is 400. The molecule has 5 nitrogen and oxygen atoms in total. The highest BCUT2D eigenvalue weighted by molar-refractivity contribution is 5.64. The number of piperazine rings is 1. The van der Waals surface area contributed by atoms with Crippen LogP contribution in [0, 0.1) is 0 Å². The quantitative estimate of drug-likeness (QED) is 0.732. The van der Waals surface area contributed by atoms with Crippen LogP contribution in [-0.2, 0) is 0 Å². The van der Waals surface area contributed by atoms with Crippen LogP contribution in [-0.4, -0.2) is 44.3 Å². The number of benzene rings is 1. The molecular formula is C12H15N2O3-. The minimum absolute atomic E-state index is 0.473. The van der Waals surface area contributed by atoms with Gasteiger partial charge in [0.25, 0.3) is 0 Å². The van der Waals surface area contributed by atoms with Crippen molar-refractivity contribution in [2.24, 2.45) is 0 Å². The summed E-state index contributed by atoms with van der Waals surface area (Å²) in [6.45, 7) is 2.27. The smallest absolute Gasteiger partial charge is 0.142 e. The van der Waals surface area contributed by atoms with Gasteiger partial charge in [0.2, 0.25) is 0 Å². The van der Waals surface area contributed by atoms with Crippen molar-refractivity contribution in [3.8, 4) is 5.75 Å². The third kappa shape index (κ3) is 2.43. The van der Waals surface area contributed by atoms with Crippen molar-refractivity contribution in [2.45, 2.75) is 0 Å². The number of methoxy groups -OCH3 is 1. The second-order valence-electron chi connectivity index (χ2n) is 3.91. The van der Waals surface area contributed by atoms with Crippen LogP contribution >= 0.6 is 0 Å². The number of anilines is 1. The lowest BCUT2D eigenvalue weighted by Gasteiger charge is -2.37. The predicted octanol–water partition coefficient (Wildman–Crippen LogP) is 0.160. The molecule has 1 aromatic carbocycles. The highest BCUT2D eigenvalue weighted by Gasteiger charge is 2.18.